The minimum Gasteiger partial charge on any atom is -0.366 e. The van der Waals surface area contributed by atoms with Crippen LogP contribution < -0.4 is 5.73 Å². The molecule has 0 radical (unpaired) electrons. The van der Waals surface area contributed by atoms with Gasteiger partial charge in [-0.3, -0.25) is 14.6 Å². The third kappa shape index (κ3) is 4.39. The molecule has 7 nitrogen and oxygen atoms in total. The van der Waals surface area contributed by atoms with Crippen LogP contribution in [0.2, 0.25) is 0 Å². The van der Waals surface area contributed by atoms with Crippen LogP contribution in [0.4, 0.5) is 0 Å². The Morgan fingerprint density at radius 3 is 2.38 bits per heavy atom. The Morgan fingerprint density at radius 2 is 1.79 bits per heavy atom. The van der Waals surface area contributed by atoms with Crippen molar-refractivity contribution in [3.8, 4) is 0 Å². The number of benzene rings is 1. The van der Waals surface area contributed by atoms with Crippen LogP contribution in [0.5, 0.6) is 0 Å². The molecule has 0 spiro atoms. The second-order valence-corrected chi connectivity index (χ2v) is 6.20. The number of primary amides is 1. The monoisotopic (exact) mass is 329 g/mol. The predicted molar refractivity (Wildman–Crippen MR) is 89.2 cm³/mol. The van der Waals surface area contributed by atoms with Crippen LogP contribution >= 0.6 is 0 Å². The number of hydrogen-bond donors (Lipinski definition) is 1. The van der Waals surface area contributed by atoms with Crippen molar-refractivity contribution >= 4 is 5.91 Å². The van der Waals surface area contributed by atoms with E-state index >= 15 is 0 Å². The van der Waals surface area contributed by atoms with Crippen molar-refractivity contribution in [2.24, 2.45) is 5.73 Å². The van der Waals surface area contributed by atoms with Crippen molar-refractivity contribution in [3.05, 3.63) is 47.1 Å². The van der Waals surface area contributed by atoms with E-state index in [9.17, 15) is 4.79 Å². The van der Waals surface area contributed by atoms with E-state index in [1.54, 1.807) is 12.1 Å². The van der Waals surface area contributed by atoms with Crippen LogP contribution in [0.15, 0.2) is 28.8 Å². The Hall–Kier alpha value is -2.25. The van der Waals surface area contributed by atoms with Gasteiger partial charge in [-0.1, -0.05) is 17.3 Å². The minimum absolute atomic E-state index is 0.385. The maximum Gasteiger partial charge on any atom is 0.248 e. The average Bonchev–Trinajstić information content (AvgIpc) is 2.84. The second-order valence-electron chi connectivity index (χ2n) is 6.20. The Balaban J connectivity index is 1.52. The summed E-state index contributed by atoms with van der Waals surface area (Å²) >= 11 is 0. The molecule has 24 heavy (non-hydrogen) atoms. The Labute approximate surface area is 141 Å². The number of rotatable bonds is 5. The molecule has 1 aromatic heterocycles. The van der Waals surface area contributed by atoms with Gasteiger partial charge in [-0.05, 0) is 37.2 Å². The van der Waals surface area contributed by atoms with Crippen LogP contribution in [0.1, 0.15) is 34.1 Å². The highest BCUT2D eigenvalue weighted by Crippen LogP contribution is 2.12. The zero-order valence-electron chi connectivity index (χ0n) is 13.9. The summed E-state index contributed by atoms with van der Waals surface area (Å²) in [5.74, 6) is 0.979. The fourth-order valence-electron chi connectivity index (χ4n) is 2.98. The topological polar surface area (TPSA) is 88.5 Å². The zero-order valence-corrected chi connectivity index (χ0v) is 13.9. The lowest BCUT2D eigenvalue weighted by atomic mass is 10.1. The molecule has 1 aliphatic rings. The van der Waals surface area contributed by atoms with E-state index in [2.05, 4.69) is 19.9 Å². The third-order valence-corrected chi connectivity index (χ3v) is 4.26. The normalized spacial score (nSPS) is 16.9. The smallest absolute Gasteiger partial charge is 0.248 e. The van der Waals surface area contributed by atoms with Gasteiger partial charge in [0.1, 0.15) is 0 Å². The molecular formula is C17H23N5O2. The van der Waals surface area contributed by atoms with Crippen LogP contribution in [0.25, 0.3) is 0 Å². The largest absolute Gasteiger partial charge is 0.366 e. The summed E-state index contributed by atoms with van der Waals surface area (Å²) in [5.41, 5.74) is 7.03. The van der Waals surface area contributed by atoms with Gasteiger partial charge in [-0.15, -0.1) is 0 Å². The summed E-state index contributed by atoms with van der Waals surface area (Å²) in [6.45, 7) is 7.49. The van der Waals surface area contributed by atoms with Crippen molar-refractivity contribution < 1.29 is 9.32 Å². The van der Waals surface area contributed by atoms with Gasteiger partial charge in [0.15, 0.2) is 5.82 Å². The van der Waals surface area contributed by atoms with Crippen molar-refractivity contribution in [2.75, 3.05) is 26.2 Å². The number of carbonyl (C=O) groups excluding carboxylic acids is 1. The highest BCUT2D eigenvalue weighted by Gasteiger charge is 2.17. The second kappa shape index (κ2) is 7.55. The molecule has 7 heteroatoms. The van der Waals surface area contributed by atoms with Crippen molar-refractivity contribution in [3.63, 3.8) is 0 Å². The molecule has 1 saturated heterocycles. The molecule has 0 atom stereocenters. The van der Waals surface area contributed by atoms with Crippen LogP contribution in [-0.2, 0) is 13.1 Å². The molecule has 0 unspecified atom stereocenters. The SMILES string of the molecule is Cc1nc(CN2CCCN(Cc3ccc(C(N)=O)cc3)CC2)no1. The van der Waals surface area contributed by atoms with Crippen LogP contribution in [0, 0.1) is 6.92 Å². The van der Waals surface area contributed by atoms with Crippen molar-refractivity contribution in [1.29, 1.82) is 0 Å². The van der Waals surface area contributed by atoms with Gasteiger partial charge in [0.25, 0.3) is 0 Å². The number of aromatic nitrogens is 2. The van der Waals surface area contributed by atoms with E-state index in [0.717, 1.165) is 51.5 Å². The Bertz CT molecular complexity index is 683. The van der Waals surface area contributed by atoms with E-state index in [-0.39, 0.29) is 5.91 Å². The number of carbonyl (C=O) groups is 1. The molecule has 1 amide bonds. The molecule has 0 aliphatic carbocycles. The fraction of sp³-hybridized carbons (Fsp3) is 0.471. The van der Waals surface area contributed by atoms with Crippen LogP contribution in [0.3, 0.4) is 0 Å². The number of hydrogen-bond acceptors (Lipinski definition) is 6. The molecule has 1 aliphatic heterocycles. The van der Waals surface area contributed by atoms with Gasteiger partial charge >= 0.3 is 0 Å². The number of nitrogens with zero attached hydrogens (tertiary/aromatic N) is 4. The Morgan fingerprint density at radius 1 is 1.12 bits per heavy atom. The highest BCUT2D eigenvalue weighted by atomic mass is 16.5. The summed E-state index contributed by atoms with van der Waals surface area (Å²) in [6, 6.07) is 7.54. The molecule has 1 fully saturated rings. The summed E-state index contributed by atoms with van der Waals surface area (Å²) in [7, 11) is 0. The minimum atomic E-state index is -0.385. The van der Waals surface area contributed by atoms with E-state index < -0.39 is 0 Å². The van der Waals surface area contributed by atoms with Crippen molar-refractivity contribution in [2.45, 2.75) is 26.4 Å². The first-order valence-electron chi connectivity index (χ1n) is 8.23. The lowest BCUT2D eigenvalue weighted by Crippen LogP contribution is -2.30. The van der Waals surface area contributed by atoms with E-state index in [1.165, 1.54) is 5.56 Å². The summed E-state index contributed by atoms with van der Waals surface area (Å²) in [6.07, 6.45) is 1.11. The molecule has 1 aromatic carbocycles. The zero-order chi connectivity index (χ0) is 16.9. The maximum absolute atomic E-state index is 11.1. The number of amides is 1. The van der Waals surface area contributed by atoms with Gasteiger partial charge in [0.05, 0.1) is 6.54 Å². The summed E-state index contributed by atoms with van der Waals surface area (Å²) in [4.78, 5) is 20.2. The first kappa shape index (κ1) is 16.6. The first-order chi connectivity index (χ1) is 11.6. The fourth-order valence-corrected chi connectivity index (χ4v) is 2.98. The van der Waals surface area contributed by atoms with Gasteiger partial charge in [0, 0.05) is 32.1 Å². The molecule has 2 N–H and O–H groups in total. The molecule has 3 rings (SSSR count). The van der Waals surface area contributed by atoms with Gasteiger partial charge in [-0.25, -0.2) is 0 Å². The lowest BCUT2D eigenvalue weighted by Gasteiger charge is -2.21. The molecule has 128 valence electrons. The predicted octanol–water partition coefficient (Wildman–Crippen LogP) is 1.18. The molecule has 2 aromatic rings. The Kier molecular flexibility index (Phi) is 5.22. The third-order valence-electron chi connectivity index (χ3n) is 4.26. The molecule has 0 saturated carbocycles. The summed E-state index contributed by atoms with van der Waals surface area (Å²) in [5, 5.41) is 3.97. The summed E-state index contributed by atoms with van der Waals surface area (Å²) < 4.78 is 5.03. The van der Waals surface area contributed by atoms with Gasteiger partial charge in [-0.2, -0.15) is 4.98 Å². The standard InChI is InChI=1S/C17H23N5O2/c1-13-19-16(20-24-13)12-22-8-2-7-21(9-10-22)11-14-3-5-15(6-4-14)17(18)23/h3-6H,2,7-12H2,1H3,(H2,18,23). The number of aryl methyl sites for hydroxylation is 1. The molecule has 0 bridgehead atoms. The lowest BCUT2D eigenvalue weighted by molar-refractivity contribution is 0.100. The van der Waals surface area contributed by atoms with Gasteiger partial charge in [0.2, 0.25) is 11.8 Å². The maximum atomic E-state index is 11.1. The molecule has 2 heterocycles. The average molecular weight is 329 g/mol. The van der Waals surface area contributed by atoms with Crippen LogP contribution in [-0.4, -0.2) is 52.0 Å². The van der Waals surface area contributed by atoms with E-state index in [1.807, 2.05) is 19.1 Å². The highest BCUT2D eigenvalue weighted by molar-refractivity contribution is 5.92. The van der Waals surface area contributed by atoms with Gasteiger partial charge < -0.3 is 10.3 Å². The molecular weight excluding hydrogens is 306 g/mol. The number of nitrogens with two attached hydrogens (primary N) is 1. The quantitative estimate of drug-likeness (QED) is 0.886. The van der Waals surface area contributed by atoms with E-state index in [0.29, 0.717) is 11.5 Å². The van der Waals surface area contributed by atoms with E-state index in [4.69, 9.17) is 10.3 Å². The first-order valence-corrected chi connectivity index (χ1v) is 8.23. The van der Waals surface area contributed by atoms with Crippen molar-refractivity contribution in [1.82, 2.24) is 19.9 Å².